The lowest BCUT2D eigenvalue weighted by atomic mass is 10.00. The van der Waals surface area contributed by atoms with Gasteiger partial charge >= 0.3 is 0 Å². The maximum Gasteiger partial charge on any atom is 0.258 e. The van der Waals surface area contributed by atoms with E-state index in [1.54, 1.807) is 9.42 Å². The van der Waals surface area contributed by atoms with Gasteiger partial charge < -0.3 is 9.64 Å². The molecule has 1 amide bonds. The van der Waals surface area contributed by atoms with E-state index in [1.807, 2.05) is 20.9 Å². The van der Waals surface area contributed by atoms with Crippen LogP contribution < -0.4 is 4.74 Å². The molecular formula is C25H26ClF2N5O2. The van der Waals surface area contributed by atoms with Gasteiger partial charge in [-0.05, 0) is 45.9 Å². The van der Waals surface area contributed by atoms with Crippen LogP contribution in [-0.2, 0) is 13.1 Å². The Balaban J connectivity index is 1.26. The molecule has 3 unspecified atom stereocenters. The highest BCUT2D eigenvalue weighted by molar-refractivity contribution is 6.31. The normalized spacial score (nSPS) is 25.9. The summed E-state index contributed by atoms with van der Waals surface area (Å²) < 4.78 is 36.4. The van der Waals surface area contributed by atoms with Crippen molar-refractivity contribution in [1.82, 2.24) is 24.4 Å². The van der Waals surface area contributed by atoms with Gasteiger partial charge in [-0.2, -0.15) is 5.10 Å². The lowest BCUT2D eigenvalue weighted by Gasteiger charge is -2.36. The van der Waals surface area contributed by atoms with Crippen molar-refractivity contribution in [2.45, 2.75) is 70.6 Å². The number of aryl methyl sites for hydroxylation is 2. The molecule has 35 heavy (non-hydrogen) atoms. The minimum absolute atomic E-state index is 0.0966. The number of benzene rings is 1. The van der Waals surface area contributed by atoms with E-state index in [9.17, 15) is 13.6 Å². The zero-order valence-electron chi connectivity index (χ0n) is 19.8. The summed E-state index contributed by atoms with van der Waals surface area (Å²) in [6, 6.07) is 3.87. The van der Waals surface area contributed by atoms with Gasteiger partial charge in [0.15, 0.2) is 5.65 Å². The third-order valence-electron chi connectivity index (χ3n) is 7.76. The average Bonchev–Trinajstić information content (AvgIpc) is 3.41. The van der Waals surface area contributed by atoms with E-state index in [0.29, 0.717) is 54.3 Å². The number of carbonyl (C=O) groups is 1. The summed E-state index contributed by atoms with van der Waals surface area (Å²) in [4.78, 5) is 21.9. The first-order valence-corrected chi connectivity index (χ1v) is 12.2. The summed E-state index contributed by atoms with van der Waals surface area (Å²) in [6.07, 6.45) is 0.497. The van der Waals surface area contributed by atoms with Gasteiger partial charge in [0.05, 0.1) is 40.8 Å². The Morgan fingerprint density at radius 1 is 1.20 bits per heavy atom. The molecule has 0 spiro atoms. The van der Waals surface area contributed by atoms with Crippen LogP contribution in [0.5, 0.6) is 5.75 Å². The Bertz CT molecular complexity index is 1360. The molecule has 4 atom stereocenters. The summed E-state index contributed by atoms with van der Waals surface area (Å²) in [5.74, 6) is -0.544. The summed E-state index contributed by atoms with van der Waals surface area (Å²) in [5, 5.41) is 5.20. The van der Waals surface area contributed by atoms with Gasteiger partial charge in [0, 0.05) is 30.1 Å². The Kier molecular flexibility index (Phi) is 5.27. The molecule has 3 aromatic rings. The van der Waals surface area contributed by atoms with Crippen molar-refractivity contribution >= 4 is 23.2 Å². The van der Waals surface area contributed by atoms with Crippen molar-refractivity contribution in [2.75, 3.05) is 7.05 Å². The maximum atomic E-state index is 14.4. The minimum Gasteiger partial charge on any atom is -0.489 e. The molecule has 3 aliphatic rings. The van der Waals surface area contributed by atoms with E-state index >= 15 is 0 Å². The number of nitrogens with zero attached hydrogens (tertiary/aromatic N) is 5. The van der Waals surface area contributed by atoms with E-state index in [0.717, 1.165) is 17.0 Å². The topological polar surface area (TPSA) is 63.0 Å². The first-order chi connectivity index (χ1) is 16.7. The number of ether oxygens (including phenoxy) is 1. The van der Waals surface area contributed by atoms with Crippen LogP contribution in [0.25, 0.3) is 5.65 Å². The number of rotatable bonds is 3. The number of amides is 1. The first kappa shape index (κ1) is 22.7. The number of hydrogen-bond donors (Lipinski definition) is 0. The Morgan fingerprint density at radius 2 is 2.00 bits per heavy atom. The second-order valence-corrected chi connectivity index (χ2v) is 10.3. The predicted molar refractivity (Wildman–Crippen MR) is 126 cm³/mol. The quantitative estimate of drug-likeness (QED) is 0.537. The highest BCUT2D eigenvalue weighted by atomic mass is 35.5. The summed E-state index contributed by atoms with van der Waals surface area (Å²) in [5.41, 5.74) is 4.14. The van der Waals surface area contributed by atoms with Crippen molar-refractivity contribution in [1.29, 1.82) is 0 Å². The average molecular weight is 502 g/mol. The standard InChI is InChI=1S/C25H26ClF2N5O2/c1-12-23(26)13(2)33-24(29-12)18-10-32(11-20(18)30-33)25(34)17-5-4-14(27)6-22(17)35-16-7-15-8-19(28)21(9-16)31(15)3/h4-6,15-16,19,21H,7-11H2,1-3H3/t15?,16-,19?,21?/m0/s1. The fourth-order valence-corrected chi connectivity index (χ4v) is 5.95. The van der Waals surface area contributed by atoms with E-state index in [4.69, 9.17) is 16.3 Å². The van der Waals surface area contributed by atoms with Gasteiger partial charge in [0.25, 0.3) is 5.91 Å². The second kappa shape index (κ2) is 8.13. The Morgan fingerprint density at radius 3 is 2.77 bits per heavy atom. The summed E-state index contributed by atoms with van der Waals surface area (Å²) >= 11 is 6.33. The van der Waals surface area contributed by atoms with Crippen molar-refractivity contribution in [3.8, 4) is 5.75 Å². The number of carbonyl (C=O) groups excluding carboxylic acids is 1. The van der Waals surface area contributed by atoms with Crippen LogP contribution in [0.2, 0.25) is 5.02 Å². The molecule has 2 aromatic heterocycles. The molecule has 7 nitrogen and oxygen atoms in total. The summed E-state index contributed by atoms with van der Waals surface area (Å²) in [7, 11) is 1.94. The number of halogens is 3. The largest absolute Gasteiger partial charge is 0.489 e. The van der Waals surface area contributed by atoms with Gasteiger partial charge in [0.1, 0.15) is 23.8 Å². The summed E-state index contributed by atoms with van der Waals surface area (Å²) in [6.45, 7) is 4.38. The molecule has 184 valence electrons. The number of fused-ring (bicyclic) bond motifs is 5. The molecule has 5 heterocycles. The van der Waals surface area contributed by atoms with Crippen molar-refractivity contribution < 1.29 is 18.3 Å². The molecule has 2 saturated heterocycles. The van der Waals surface area contributed by atoms with Crippen LogP contribution in [0.3, 0.4) is 0 Å². The molecule has 6 rings (SSSR count). The highest BCUT2D eigenvalue weighted by Gasteiger charge is 2.46. The highest BCUT2D eigenvalue weighted by Crippen LogP contribution is 2.39. The fourth-order valence-electron chi connectivity index (χ4n) is 5.83. The minimum atomic E-state index is -0.884. The third-order valence-corrected chi connectivity index (χ3v) is 8.31. The molecule has 10 heteroatoms. The lowest BCUT2D eigenvalue weighted by Crippen LogP contribution is -2.45. The third kappa shape index (κ3) is 3.59. The number of alkyl halides is 1. The van der Waals surface area contributed by atoms with Crippen LogP contribution in [-0.4, -0.2) is 61.7 Å². The van der Waals surface area contributed by atoms with E-state index in [1.165, 1.54) is 18.2 Å². The van der Waals surface area contributed by atoms with Crippen molar-refractivity contribution in [2.24, 2.45) is 0 Å². The number of hydrogen-bond acceptors (Lipinski definition) is 5. The molecule has 2 fully saturated rings. The van der Waals surface area contributed by atoms with Crippen molar-refractivity contribution in [3.63, 3.8) is 0 Å². The molecular weight excluding hydrogens is 476 g/mol. The molecule has 2 bridgehead atoms. The molecule has 0 aliphatic carbocycles. The van der Waals surface area contributed by atoms with Crippen LogP contribution in [0, 0.1) is 19.7 Å². The van der Waals surface area contributed by atoms with E-state index in [-0.39, 0.29) is 29.8 Å². The van der Waals surface area contributed by atoms with E-state index in [2.05, 4.69) is 15.0 Å². The van der Waals surface area contributed by atoms with Gasteiger partial charge in [-0.3, -0.25) is 9.69 Å². The monoisotopic (exact) mass is 501 g/mol. The molecule has 0 N–H and O–H groups in total. The molecule has 0 radical (unpaired) electrons. The zero-order chi connectivity index (χ0) is 24.6. The van der Waals surface area contributed by atoms with Crippen LogP contribution in [0.1, 0.15) is 52.3 Å². The Labute approximate surface area is 206 Å². The predicted octanol–water partition coefficient (Wildman–Crippen LogP) is 4.25. The smallest absolute Gasteiger partial charge is 0.258 e. The SMILES string of the molecule is Cc1nc2c3c(nn2c(C)c1Cl)CN(C(=O)c1ccc(F)cc1O[C@H]1CC2CC(F)C(C1)N2C)C3. The fraction of sp³-hybridized carbons (Fsp3) is 0.480. The van der Waals surface area contributed by atoms with Crippen LogP contribution in [0.4, 0.5) is 8.78 Å². The van der Waals surface area contributed by atoms with E-state index < -0.39 is 12.0 Å². The van der Waals surface area contributed by atoms with Gasteiger partial charge in [-0.25, -0.2) is 18.3 Å². The maximum absolute atomic E-state index is 14.4. The molecule has 1 aromatic carbocycles. The van der Waals surface area contributed by atoms with Gasteiger partial charge in [-0.1, -0.05) is 11.6 Å². The zero-order valence-corrected chi connectivity index (χ0v) is 20.5. The Hall–Kier alpha value is -2.78. The van der Waals surface area contributed by atoms with Crippen LogP contribution in [0.15, 0.2) is 18.2 Å². The second-order valence-electron chi connectivity index (χ2n) is 9.91. The first-order valence-electron chi connectivity index (χ1n) is 11.9. The lowest BCUT2D eigenvalue weighted by molar-refractivity contribution is 0.0531. The van der Waals surface area contributed by atoms with Gasteiger partial charge in [-0.15, -0.1) is 0 Å². The number of aromatic nitrogens is 3. The molecule has 3 aliphatic heterocycles. The van der Waals surface area contributed by atoms with Gasteiger partial charge in [0.2, 0.25) is 0 Å². The number of piperidine rings is 1. The van der Waals surface area contributed by atoms with Crippen LogP contribution >= 0.6 is 11.6 Å². The van der Waals surface area contributed by atoms with Crippen molar-refractivity contribution in [3.05, 3.63) is 57.2 Å². The molecule has 0 saturated carbocycles.